The molecule has 0 aromatic heterocycles. The van der Waals surface area contributed by atoms with Gasteiger partial charge in [0.2, 0.25) is 5.91 Å². The topological polar surface area (TPSA) is 194 Å². The maximum absolute atomic E-state index is 13.9. The van der Waals surface area contributed by atoms with Crippen molar-refractivity contribution >= 4 is 21.7 Å². The van der Waals surface area contributed by atoms with Crippen molar-refractivity contribution in [3.8, 4) is 22.6 Å². The number of aliphatic hydroxyl groups is 5. The third-order valence-corrected chi connectivity index (χ3v) is 10.6. The van der Waals surface area contributed by atoms with E-state index in [0.717, 1.165) is 0 Å². The third-order valence-electron chi connectivity index (χ3n) is 9.41. The molecule has 15 heteroatoms. The predicted octanol–water partition coefficient (Wildman–Crippen LogP) is 3.11. The average molecular weight is 742 g/mol. The summed E-state index contributed by atoms with van der Waals surface area (Å²) in [5.74, 6) is -3.57. The van der Waals surface area contributed by atoms with E-state index in [-0.39, 0.29) is 29.9 Å². The number of phenolic OH excluding ortho intramolecular Hbond substituents is 1. The average Bonchev–Trinajstić information content (AvgIpc) is 3.11. The lowest BCUT2D eigenvalue weighted by atomic mass is 9.77. The molecular weight excluding hydrogens is 704 g/mol. The number of ether oxygens (including phenoxy) is 1. The number of aromatic hydroxyl groups is 1. The number of hydrogen-bond donors (Lipinski definition) is 6. The number of anilines is 1. The first-order valence-electron chi connectivity index (χ1n) is 16.4. The molecule has 2 heterocycles. The fraction of sp³-hybridized carbons (Fsp3) is 0.324. The first kappa shape index (κ1) is 37.3. The fourth-order valence-corrected chi connectivity index (χ4v) is 7.83. The number of phenols is 1. The summed E-state index contributed by atoms with van der Waals surface area (Å²) in [6.07, 6.45) is -9.25. The number of halogens is 2. The summed E-state index contributed by atoms with van der Waals surface area (Å²) in [6.45, 7) is -0.773. The summed E-state index contributed by atoms with van der Waals surface area (Å²) in [7, 11) is -4.70. The SMILES string of the molecule is O=C1[C@H](CC[C@H](O)c2ccc(F)cc2)[C@@H](c2ccc(-c3cccc(O)c3)cc2OS(=O)(=O)CC2O[C@H](CO)[C@@H](O)[C@H](O)[C@H]2O)N1c1ccc(F)cc1. The minimum atomic E-state index is -4.70. The smallest absolute Gasteiger partial charge is 0.311 e. The lowest BCUT2D eigenvalue weighted by Crippen LogP contribution is -2.60. The van der Waals surface area contributed by atoms with Crippen LogP contribution < -0.4 is 9.08 Å². The Hall–Kier alpha value is -4.48. The van der Waals surface area contributed by atoms with Crippen LogP contribution in [-0.4, -0.2) is 87.8 Å². The van der Waals surface area contributed by atoms with E-state index >= 15 is 0 Å². The first-order valence-corrected chi connectivity index (χ1v) is 18.0. The van der Waals surface area contributed by atoms with E-state index in [1.807, 2.05) is 0 Å². The summed E-state index contributed by atoms with van der Waals surface area (Å²) in [5.41, 5.74) is 1.85. The molecule has 2 saturated heterocycles. The van der Waals surface area contributed by atoms with Crippen molar-refractivity contribution in [3.05, 3.63) is 114 Å². The number of carbonyl (C=O) groups is 1. The summed E-state index contributed by atoms with van der Waals surface area (Å²) < 4.78 is 65.9. The Labute approximate surface area is 297 Å². The molecule has 0 saturated carbocycles. The largest absolute Gasteiger partial charge is 0.508 e. The zero-order valence-electron chi connectivity index (χ0n) is 27.4. The number of rotatable bonds is 12. The van der Waals surface area contributed by atoms with Crippen molar-refractivity contribution in [1.29, 1.82) is 0 Å². The van der Waals surface area contributed by atoms with Gasteiger partial charge in [-0.1, -0.05) is 36.4 Å². The van der Waals surface area contributed by atoms with Crippen LogP contribution in [0.5, 0.6) is 11.5 Å². The molecule has 0 bridgehead atoms. The maximum Gasteiger partial charge on any atom is 0.311 e. The number of carbonyl (C=O) groups excluding carboxylic acids is 1. The highest BCUT2D eigenvalue weighted by Gasteiger charge is 2.50. The van der Waals surface area contributed by atoms with Crippen molar-refractivity contribution in [3.63, 3.8) is 0 Å². The van der Waals surface area contributed by atoms with Crippen LogP contribution in [0.2, 0.25) is 0 Å². The van der Waals surface area contributed by atoms with Crippen LogP contribution in [0.1, 0.15) is 36.1 Å². The lowest BCUT2D eigenvalue weighted by Gasteiger charge is -2.48. The second-order valence-corrected chi connectivity index (χ2v) is 14.5. The Morgan fingerprint density at radius 1 is 0.827 bits per heavy atom. The molecule has 0 spiro atoms. The molecule has 1 unspecified atom stereocenters. The minimum absolute atomic E-state index is 0.0638. The van der Waals surface area contributed by atoms with Gasteiger partial charge in [-0.05, 0) is 84.1 Å². The number of β-lactam (4-membered cyclic amide) rings is 1. The van der Waals surface area contributed by atoms with Gasteiger partial charge >= 0.3 is 10.1 Å². The van der Waals surface area contributed by atoms with Gasteiger partial charge in [-0.2, -0.15) is 8.42 Å². The number of hydrogen-bond acceptors (Lipinski definition) is 11. The lowest BCUT2D eigenvalue weighted by molar-refractivity contribution is -0.223. The summed E-state index contributed by atoms with van der Waals surface area (Å²) in [6, 6.07) is 20.2. The zero-order chi connectivity index (χ0) is 37.3. The quantitative estimate of drug-likeness (QED) is 0.0923. The summed E-state index contributed by atoms with van der Waals surface area (Å²) in [5, 5.41) is 61.5. The Kier molecular flexibility index (Phi) is 10.9. The fourth-order valence-electron chi connectivity index (χ4n) is 6.67. The summed E-state index contributed by atoms with van der Waals surface area (Å²) in [4.78, 5) is 15.1. The minimum Gasteiger partial charge on any atom is -0.508 e. The molecule has 6 N–H and O–H groups in total. The molecule has 0 radical (unpaired) electrons. The molecule has 2 aliphatic heterocycles. The molecule has 4 aromatic rings. The van der Waals surface area contributed by atoms with Gasteiger partial charge in [0.15, 0.2) is 0 Å². The van der Waals surface area contributed by atoms with Crippen molar-refractivity contribution in [1.82, 2.24) is 0 Å². The van der Waals surface area contributed by atoms with Gasteiger partial charge in [0, 0.05) is 11.3 Å². The monoisotopic (exact) mass is 741 g/mol. The molecule has 1 amide bonds. The number of aliphatic hydroxyl groups excluding tert-OH is 5. The van der Waals surface area contributed by atoms with Gasteiger partial charge in [0.25, 0.3) is 0 Å². The Morgan fingerprint density at radius 3 is 2.12 bits per heavy atom. The highest BCUT2D eigenvalue weighted by molar-refractivity contribution is 7.87. The van der Waals surface area contributed by atoms with Crippen LogP contribution in [0.25, 0.3) is 11.1 Å². The van der Waals surface area contributed by atoms with E-state index in [1.165, 1.54) is 71.6 Å². The zero-order valence-corrected chi connectivity index (χ0v) is 28.3. The van der Waals surface area contributed by atoms with Crippen LogP contribution in [0.15, 0.2) is 91.0 Å². The second-order valence-electron chi connectivity index (χ2n) is 12.9. The second kappa shape index (κ2) is 15.2. The van der Waals surface area contributed by atoms with Crippen LogP contribution >= 0.6 is 0 Å². The van der Waals surface area contributed by atoms with E-state index in [2.05, 4.69) is 0 Å². The van der Waals surface area contributed by atoms with E-state index < -0.39 is 88.6 Å². The van der Waals surface area contributed by atoms with Gasteiger partial charge in [0.1, 0.15) is 59.4 Å². The normalized spacial score (nSPS) is 25.4. The Balaban J connectivity index is 1.38. The Morgan fingerprint density at radius 2 is 1.46 bits per heavy atom. The van der Waals surface area contributed by atoms with Gasteiger partial charge in [-0.3, -0.25) is 4.79 Å². The first-order chi connectivity index (χ1) is 24.8. The van der Waals surface area contributed by atoms with Crippen LogP contribution in [0.4, 0.5) is 14.5 Å². The molecule has 8 atom stereocenters. The van der Waals surface area contributed by atoms with Gasteiger partial charge in [-0.25, -0.2) is 8.78 Å². The van der Waals surface area contributed by atoms with Crippen LogP contribution in [0.3, 0.4) is 0 Å². The predicted molar refractivity (Wildman–Crippen MR) is 182 cm³/mol. The highest BCUT2D eigenvalue weighted by Crippen LogP contribution is 2.49. The van der Waals surface area contributed by atoms with Crippen molar-refractivity contribution in [2.75, 3.05) is 17.3 Å². The number of nitrogens with zero attached hydrogens (tertiary/aromatic N) is 1. The Bertz CT molecular complexity index is 2000. The van der Waals surface area contributed by atoms with Crippen molar-refractivity contribution in [2.45, 2.75) is 55.5 Å². The molecule has 4 aromatic carbocycles. The van der Waals surface area contributed by atoms with E-state index in [9.17, 15) is 52.6 Å². The molecule has 276 valence electrons. The van der Waals surface area contributed by atoms with Gasteiger partial charge < -0.3 is 44.5 Å². The molecule has 2 aliphatic rings. The summed E-state index contributed by atoms with van der Waals surface area (Å²) >= 11 is 0. The van der Waals surface area contributed by atoms with E-state index in [4.69, 9.17) is 8.92 Å². The van der Waals surface area contributed by atoms with Gasteiger partial charge in [0.05, 0.1) is 24.7 Å². The van der Waals surface area contributed by atoms with Crippen LogP contribution in [0, 0.1) is 17.6 Å². The third kappa shape index (κ3) is 7.80. The van der Waals surface area contributed by atoms with Gasteiger partial charge in [-0.15, -0.1) is 0 Å². The molecule has 2 fully saturated rings. The molecule has 0 aliphatic carbocycles. The van der Waals surface area contributed by atoms with Crippen molar-refractivity contribution in [2.24, 2.45) is 5.92 Å². The molecular formula is C37H37F2NO11S. The standard InChI is InChI=1S/C37H37F2NO11S/c38-23-7-4-20(5-8-23)29(43)15-14-28-33(40(37(28)47)25-11-9-24(39)10-12-25)27-13-6-22(21-2-1-3-26(42)16-21)17-30(27)51-52(48,49)19-32-35(45)36(46)34(44)31(18-41)50-32/h1-13,16-17,28-29,31-36,41-46H,14-15,18-19H2/t28-,29+,31-,32?,33-,34-,35+,36+/m1/s1. The maximum atomic E-state index is 13.9. The molecule has 6 rings (SSSR count). The van der Waals surface area contributed by atoms with Crippen LogP contribution in [-0.2, 0) is 19.6 Å². The van der Waals surface area contributed by atoms with E-state index in [0.29, 0.717) is 22.4 Å². The molecule has 52 heavy (non-hydrogen) atoms. The van der Waals surface area contributed by atoms with E-state index in [1.54, 1.807) is 24.3 Å². The highest BCUT2D eigenvalue weighted by atomic mass is 32.2. The van der Waals surface area contributed by atoms with Crippen molar-refractivity contribution < 1.29 is 61.6 Å². The number of amides is 1. The number of benzene rings is 4. The molecule has 12 nitrogen and oxygen atoms in total.